The van der Waals surface area contributed by atoms with Gasteiger partial charge in [-0.15, -0.1) is 0 Å². The van der Waals surface area contributed by atoms with Crippen LogP contribution in [0.3, 0.4) is 0 Å². The molecule has 1 saturated carbocycles. The van der Waals surface area contributed by atoms with Gasteiger partial charge in [0.05, 0.1) is 17.8 Å². The Balaban J connectivity index is 1.34. The second-order valence-electron chi connectivity index (χ2n) is 7.18. The third kappa shape index (κ3) is 4.00. The zero-order valence-corrected chi connectivity index (χ0v) is 15.7. The number of hydrogen-bond donors (Lipinski definition) is 3. The van der Waals surface area contributed by atoms with E-state index in [2.05, 4.69) is 35.9 Å². The maximum atomic E-state index is 12.6. The lowest BCUT2D eigenvalue weighted by Gasteiger charge is -2.36. The Morgan fingerprint density at radius 2 is 1.72 bits per heavy atom. The highest BCUT2D eigenvalue weighted by atomic mass is 19.4. The predicted molar refractivity (Wildman–Crippen MR) is 99.8 cm³/mol. The SMILES string of the molecule is Cc1nc(NC2CC(Nc3ncc(C(F)(F)F)cn3)C2)nc2c1NC(=O)CN2C. The molecule has 0 bridgehead atoms. The number of alkyl halides is 3. The molecule has 2 aromatic heterocycles. The number of aromatic nitrogens is 4. The molecule has 0 atom stereocenters. The van der Waals surface area contributed by atoms with Gasteiger partial charge in [0, 0.05) is 31.5 Å². The van der Waals surface area contributed by atoms with E-state index in [-0.39, 0.29) is 30.5 Å². The molecule has 4 rings (SSSR count). The highest BCUT2D eigenvalue weighted by Crippen LogP contribution is 2.32. The molecule has 2 aromatic rings. The van der Waals surface area contributed by atoms with Crippen LogP contribution in [-0.4, -0.2) is 51.5 Å². The molecule has 0 radical (unpaired) electrons. The summed E-state index contributed by atoms with van der Waals surface area (Å²) in [6, 6.07) is 0.160. The number of halogens is 3. The van der Waals surface area contributed by atoms with E-state index in [9.17, 15) is 18.0 Å². The maximum absolute atomic E-state index is 12.6. The summed E-state index contributed by atoms with van der Waals surface area (Å²) in [4.78, 5) is 29.8. The Morgan fingerprint density at radius 3 is 2.34 bits per heavy atom. The van der Waals surface area contributed by atoms with Crippen molar-refractivity contribution in [3.8, 4) is 0 Å². The molecule has 1 aliphatic heterocycles. The van der Waals surface area contributed by atoms with E-state index in [0.717, 1.165) is 25.2 Å². The van der Waals surface area contributed by atoms with E-state index < -0.39 is 11.7 Å². The summed E-state index contributed by atoms with van der Waals surface area (Å²) in [5.41, 5.74) is 0.406. The lowest BCUT2D eigenvalue weighted by molar-refractivity contribution is -0.138. The van der Waals surface area contributed by atoms with Gasteiger partial charge in [0.15, 0.2) is 5.82 Å². The van der Waals surface area contributed by atoms with Crippen LogP contribution in [0.25, 0.3) is 0 Å². The van der Waals surface area contributed by atoms with E-state index >= 15 is 0 Å². The zero-order chi connectivity index (χ0) is 20.8. The smallest absolute Gasteiger partial charge is 0.351 e. The Labute approximate surface area is 164 Å². The van der Waals surface area contributed by atoms with E-state index in [1.54, 1.807) is 18.9 Å². The number of rotatable bonds is 4. The van der Waals surface area contributed by atoms with Crippen LogP contribution < -0.4 is 20.9 Å². The summed E-state index contributed by atoms with van der Waals surface area (Å²) >= 11 is 0. The molecule has 3 heterocycles. The third-order valence-electron chi connectivity index (χ3n) is 4.86. The molecule has 0 saturated heterocycles. The highest BCUT2D eigenvalue weighted by molar-refractivity contribution is 6.00. The molecule has 3 N–H and O–H groups in total. The molecule has 1 aliphatic carbocycles. The molecule has 154 valence electrons. The summed E-state index contributed by atoms with van der Waals surface area (Å²) in [7, 11) is 1.79. The van der Waals surface area contributed by atoms with Gasteiger partial charge in [-0.1, -0.05) is 0 Å². The fourth-order valence-corrected chi connectivity index (χ4v) is 3.28. The first-order valence-corrected chi connectivity index (χ1v) is 9.01. The first-order valence-electron chi connectivity index (χ1n) is 9.01. The number of fused-ring (bicyclic) bond motifs is 1. The van der Waals surface area contributed by atoms with Gasteiger partial charge in [0.25, 0.3) is 0 Å². The third-order valence-corrected chi connectivity index (χ3v) is 4.86. The van der Waals surface area contributed by atoms with Crippen molar-refractivity contribution in [2.45, 2.75) is 38.0 Å². The van der Waals surface area contributed by atoms with Crippen LogP contribution >= 0.6 is 0 Å². The number of carbonyl (C=O) groups excluding carboxylic acids is 1. The molecule has 29 heavy (non-hydrogen) atoms. The molecule has 0 unspecified atom stereocenters. The van der Waals surface area contributed by atoms with Crippen molar-refractivity contribution in [3.05, 3.63) is 23.7 Å². The van der Waals surface area contributed by atoms with Gasteiger partial charge in [0.2, 0.25) is 17.8 Å². The Hall–Kier alpha value is -3.18. The second kappa shape index (κ2) is 7.01. The fourth-order valence-electron chi connectivity index (χ4n) is 3.28. The normalized spacial score (nSPS) is 21.1. The van der Waals surface area contributed by atoms with Crippen molar-refractivity contribution in [2.24, 2.45) is 0 Å². The standard InChI is InChI=1S/C17H19F3N8O/c1-8-13-14(28(2)7-12(29)26-13)27-16(23-8)25-11-3-10(4-11)24-15-21-5-9(6-22-15)17(18,19)20/h5-6,10-11H,3-4,7H2,1-2H3,(H,26,29)(H,21,22,24)(H,23,25,27). The Bertz CT molecular complexity index is 928. The largest absolute Gasteiger partial charge is 0.419 e. The maximum Gasteiger partial charge on any atom is 0.419 e. The van der Waals surface area contributed by atoms with Crippen LogP contribution in [-0.2, 0) is 11.0 Å². The summed E-state index contributed by atoms with van der Waals surface area (Å²) in [5, 5.41) is 9.06. The van der Waals surface area contributed by atoms with Crippen LogP contribution in [0.5, 0.6) is 0 Å². The van der Waals surface area contributed by atoms with Gasteiger partial charge in [-0.2, -0.15) is 18.2 Å². The topological polar surface area (TPSA) is 108 Å². The molecule has 0 spiro atoms. The minimum Gasteiger partial charge on any atom is -0.351 e. The van der Waals surface area contributed by atoms with Gasteiger partial charge < -0.3 is 20.9 Å². The zero-order valence-electron chi connectivity index (χ0n) is 15.7. The average molecular weight is 408 g/mol. The summed E-state index contributed by atoms with van der Waals surface area (Å²) in [5.74, 6) is 1.19. The number of carbonyl (C=O) groups is 1. The summed E-state index contributed by atoms with van der Waals surface area (Å²) in [6.07, 6.45) is -1.48. The first kappa shape index (κ1) is 19.2. The monoisotopic (exact) mass is 408 g/mol. The van der Waals surface area contributed by atoms with Gasteiger partial charge in [-0.25, -0.2) is 15.0 Å². The van der Waals surface area contributed by atoms with Crippen molar-refractivity contribution in [1.29, 1.82) is 0 Å². The lowest BCUT2D eigenvalue weighted by atomic mass is 9.87. The molecule has 12 heteroatoms. The van der Waals surface area contributed by atoms with E-state index in [0.29, 0.717) is 23.1 Å². The summed E-state index contributed by atoms with van der Waals surface area (Å²) in [6.45, 7) is 2.03. The van der Waals surface area contributed by atoms with Crippen molar-refractivity contribution >= 4 is 29.3 Å². The number of likely N-dealkylation sites (N-methyl/N-ethyl adjacent to an activating group) is 1. The molecular formula is C17H19F3N8O. The van der Waals surface area contributed by atoms with Gasteiger partial charge in [-0.05, 0) is 19.8 Å². The molecule has 9 nitrogen and oxygen atoms in total. The molecule has 2 aliphatic rings. The van der Waals surface area contributed by atoms with Gasteiger partial charge in [0.1, 0.15) is 5.69 Å². The average Bonchev–Trinajstić information content (AvgIpc) is 2.60. The van der Waals surface area contributed by atoms with E-state index in [4.69, 9.17) is 0 Å². The number of hydrogen-bond acceptors (Lipinski definition) is 8. The number of nitrogens with zero attached hydrogens (tertiary/aromatic N) is 5. The molecule has 1 fully saturated rings. The van der Waals surface area contributed by atoms with Crippen molar-refractivity contribution in [3.63, 3.8) is 0 Å². The van der Waals surface area contributed by atoms with Crippen molar-refractivity contribution in [1.82, 2.24) is 19.9 Å². The lowest BCUT2D eigenvalue weighted by Crippen LogP contribution is -2.44. The number of aryl methyl sites for hydroxylation is 1. The minimum atomic E-state index is -4.45. The van der Waals surface area contributed by atoms with Crippen molar-refractivity contribution in [2.75, 3.05) is 34.4 Å². The van der Waals surface area contributed by atoms with Crippen LogP contribution in [0, 0.1) is 6.92 Å². The molecule has 1 amide bonds. The first-order chi connectivity index (χ1) is 13.7. The predicted octanol–water partition coefficient (Wildman–Crippen LogP) is 2.04. The van der Waals surface area contributed by atoms with Crippen LogP contribution in [0.2, 0.25) is 0 Å². The van der Waals surface area contributed by atoms with Gasteiger partial charge in [-0.3, -0.25) is 4.79 Å². The fraction of sp³-hybridized carbons (Fsp3) is 0.471. The molecule has 0 aromatic carbocycles. The van der Waals surface area contributed by atoms with Crippen LogP contribution in [0.15, 0.2) is 12.4 Å². The van der Waals surface area contributed by atoms with Crippen LogP contribution in [0.4, 0.5) is 36.6 Å². The van der Waals surface area contributed by atoms with E-state index in [1.807, 2.05) is 0 Å². The number of nitrogens with one attached hydrogen (secondary N) is 3. The van der Waals surface area contributed by atoms with Gasteiger partial charge >= 0.3 is 6.18 Å². The van der Waals surface area contributed by atoms with Crippen LogP contribution in [0.1, 0.15) is 24.1 Å². The Kier molecular flexibility index (Phi) is 4.63. The molecular weight excluding hydrogens is 389 g/mol. The van der Waals surface area contributed by atoms with Crippen molar-refractivity contribution < 1.29 is 18.0 Å². The minimum absolute atomic E-state index is 0.0462. The highest BCUT2D eigenvalue weighted by Gasteiger charge is 2.33. The van der Waals surface area contributed by atoms with E-state index in [1.165, 1.54) is 0 Å². The number of amides is 1. The number of anilines is 4. The quantitative estimate of drug-likeness (QED) is 0.706. The Morgan fingerprint density at radius 1 is 1.10 bits per heavy atom. The summed E-state index contributed by atoms with van der Waals surface area (Å²) < 4.78 is 37.7. The second-order valence-corrected chi connectivity index (χ2v) is 7.18.